The monoisotopic (exact) mass is 497 g/mol. The summed E-state index contributed by atoms with van der Waals surface area (Å²) in [5.41, 5.74) is 1.75. The Hall–Kier alpha value is -1.37. The van der Waals surface area contributed by atoms with Crippen molar-refractivity contribution in [2.75, 3.05) is 40.0 Å². The molecule has 2 aromatic rings. The third-order valence-electron chi connectivity index (χ3n) is 6.89. The molecule has 0 radical (unpaired) electrons. The van der Waals surface area contributed by atoms with Crippen molar-refractivity contribution in [1.82, 2.24) is 24.4 Å². The van der Waals surface area contributed by atoms with Gasteiger partial charge < -0.3 is 19.1 Å². The second-order valence-corrected chi connectivity index (χ2v) is 11.0. The summed E-state index contributed by atoms with van der Waals surface area (Å²) >= 11 is 1.55. The van der Waals surface area contributed by atoms with Gasteiger partial charge in [-0.05, 0) is 59.3 Å². The molecule has 3 fully saturated rings. The number of likely N-dealkylation sites (tertiary alicyclic amines) is 1. The van der Waals surface area contributed by atoms with E-state index in [0.29, 0.717) is 13.0 Å². The summed E-state index contributed by atoms with van der Waals surface area (Å²) in [4.78, 5) is 8.26. The molecule has 34 heavy (non-hydrogen) atoms. The first kappa shape index (κ1) is 24.3. The highest BCUT2D eigenvalue weighted by molar-refractivity contribution is 7.98. The molecule has 0 spiro atoms. The number of hydrogen-bond donors (Lipinski definition) is 0. The van der Waals surface area contributed by atoms with Crippen LogP contribution in [0.4, 0.5) is 8.78 Å². The molecule has 0 aliphatic carbocycles. The first-order valence-electron chi connectivity index (χ1n) is 11.7. The van der Waals surface area contributed by atoms with Crippen LogP contribution in [0.15, 0.2) is 23.5 Å². The molecule has 5 rings (SSSR count). The Bertz CT molecular complexity index is 1040. The van der Waals surface area contributed by atoms with Gasteiger partial charge in [0.1, 0.15) is 35.8 Å². The standard InChI is InChI=1S/C23H33F2N5O3S/c1-22(2)32-19-17(11-29-12-23(24,25)10-14(29)8-9-28(3)4)31-18(20(19)33-22)15-6-7-16-21(34-5)26-13-27-30(15)16/h6-7,13-14,17-20H,8-12H2,1-5H3/t14-,17-,18+,19-,20+/m1/s1. The number of nitrogens with zero attached hydrogens (tertiary/aromatic N) is 5. The van der Waals surface area contributed by atoms with Gasteiger partial charge in [-0.2, -0.15) is 5.10 Å². The summed E-state index contributed by atoms with van der Waals surface area (Å²) in [5.74, 6) is -3.47. The summed E-state index contributed by atoms with van der Waals surface area (Å²) in [6.45, 7) is 4.65. The predicted octanol–water partition coefficient (Wildman–Crippen LogP) is 3.07. The van der Waals surface area contributed by atoms with E-state index in [1.54, 1.807) is 11.8 Å². The molecule has 0 saturated carbocycles. The highest BCUT2D eigenvalue weighted by atomic mass is 32.2. The van der Waals surface area contributed by atoms with Crippen molar-refractivity contribution in [3.8, 4) is 0 Å². The molecule has 5 heterocycles. The third-order valence-corrected chi connectivity index (χ3v) is 7.59. The molecule has 5 atom stereocenters. The molecule has 3 saturated heterocycles. The molecular weight excluding hydrogens is 464 g/mol. The van der Waals surface area contributed by atoms with E-state index in [2.05, 4.69) is 10.1 Å². The SMILES string of the molecule is CSc1ncnn2c([C@@H]3O[C@H](CN4CC(F)(F)C[C@H]4CCN(C)C)[C@H]4OC(C)(C)O[C@H]43)ccc12. The van der Waals surface area contributed by atoms with E-state index in [0.717, 1.165) is 22.8 Å². The van der Waals surface area contributed by atoms with Gasteiger partial charge in [0.2, 0.25) is 0 Å². The van der Waals surface area contributed by atoms with Gasteiger partial charge in [-0.3, -0.25) is 4.90 Å². The summed E-state index contributed by atoms with van der Waals surface area (Å²) in [6, 6.07) is 3.76. The van der Waals surface area contributed by atoms with E-state index >= 15 is 0 Å². The maximum absolute atomic E-state index is 14.4. The zero-order chi connectivity index (χ0) is 24.3. The van der Waals surface area contributed by atoms with Gasteiger partial charge in [0.05, 0.1) is 17.8 Å². The average molecular weight is 498 g/mol. The molecule has 0 amide bonds. The summed E-state index contributed by atoms with van der Waals surface area (Å²) in [7, 11) is 3.93. The van der Waals surface area contributed by atoms with Crippen LogP contribution in [0.1, 0.15) is 38.5 Å². The van der Waals surface area contributed by atoms with E-state index in [4.69, 9.17) is 14.2 Å². The average Bonchev–Trinajstić information content (AvgIpc) is 3.47. The molecule has 0 N–H and O–H groups in total. The lowest BCUT2D eigenvalue weighted by molar-refractivity contribution is -0.190. The van der Waals surface area contributed by atoms with Crippen LogP contribution in [0, 0.1) is 0 Å². The van der Waals surface area contributed by atoms with Crippen molar-refractivity contribution < 1.29 is 23.0 Å². The number of fused-ring (bicyclic) bond motifs is 2. The number of rotatable bonds is 7. The lowest BCUT2D eigenvalue weighted by Gasteiger charge is -2.30. The number of ether oxygens (including phenoxy) is 3. The van der Waals surface area contributed by atoms with Gasteiger partial charge in [-0.1, -0.05) is 0 Å². The van der Waals surface area contributed by atoms with E-state index in [-0.39, 0.29) is 37.3 Å². The molecular formula is C23H33F2N5O3S. The molecule has 3 aliphatic heterocycles. The molecule has 0 unspecified atom stereocenters. The highest BCUT2D eigenvalue weighted by Gasteiger charge is 2.57. The fourth-order valence-corrected chi connectivity index (χ4v) is 5.99. The summed E-state index contributed by atoms with van der Waals surface area (Å²) in [5, 5.41) is 5.32. The number of halogens is 2. The zero-order valence-corrected chi connectivity index (χ0v) is 21.1. The Labute approximate surface area is 202 Å². The normalized spacial score (nSPS) is 32.8. The molecule has 0 aromatic carbocycles. The van der Waals surface area contributed by atoms with Crippen LogP contribution in [0.5, 0.6) is 0 Å². The fraction of sp³-hybridized carbons (Fsp3) is 0.739. The van der Waals surface area contributed by atoms with Gasteiger partial charge in [-0.15, -0.1) is 11.8 Å². The number of hydrogen-bond acceptors (Lipinski definition) is 8. The minimum absolute atomic E-state index is 0.119. The Morgan fingerprint density at radius 1 is 1.21 bits per heavy atom. The second kappa shape index (κ2) is 8.94. The lowest BCUT2D eigenvalue weighted by Crippen LogP contribution is -2.43. The van der Waals surface area contributed by atoms with Crippen LogP contribution in [-0.4, -0.2) is 100 Å². The van der Waals surface area contributed by atoms with Crippen LogP contribution in [0.2, 0.25) is 0 Å². The Kier molecular flexibility index (Phi) is 6.39. The minimum Gasteiger partial charge on any atom is -0.362 e. The van der Waals surface area contributed by atoms with E-state index in [1.165, 1.54) is 6.33 Å². The number of thioether (sulfide) groups is 1. The molecule has 8 nitrogen and oxygen atoms in total. The van der Waals surface area contributed by atoms with Crippen molar-refractivity contribution in [2.45, 2.75) is 73.9 Å². The van der Waals surface area contributed by atoms with Crippen molar-refractivity contribution in [3.05, 3.63) is 24.2 Å². The maximum Gasteiger partial charge on any atom is 0.262 e. The largest absolute Gasteiger partial charge is 0.362 e. The van der Waals surface area contributed by atoms with Crippen LogP contribution in [-0.2, 0) is 14.2 Å². The maximum atomic E-state index is 14.4. The minimum atomic E-state index is -2.69. The van der Waals surface area contributed by atoms with Crippen molar-refractivity contribution in [1.29, 1.82) is 0 Å². The fourth-order valence-electron chi connectivity index (χ4n) is 5.47. The Morgan fingerprint density at radius 3 is 2.71 bits per heavy atom. The molecule has 11 heteroatoms. The first-order valence-corrected chi connectivity index (χ1v) is 12.9. The molecule has 3 aliphatic rings. The predicted molar refractivity (Wildman–Crippen MR) is 124 cm³/mol. The summed E-state index contributed by atoms with van der Waals surface area (Å²) in [6.07, 6.45) is 2.56. The zero-order valence-electron chi connectivity index (χ0n) is 20.3. The van der Waals surface area contributed by atoms with Gasteiger partial charge in [0, 0.05) is 19.0 Å². The summed E-state index contributed by atoms with van der Waals surface area (Å²) < 4.78 is 49.7. The van der Waals surface area contributed by atoms with Crippen LogP contribution < -0.4 is 0 Å². The van der Waals surface area contributed by atoms with Gasteiger partial charge in [0.15, 0.2) is 5.79 Å². The first-order chi connectivity index (χ1) is 16.1. The van der Waals surface area contributed by atoms with Crippen LogP contribution in [0.3, 0.4) is 0 Å². The molecule has 0 bridgehead atoms. The Balaban J connectivity index is 1.41. The quantitative estimate of drug-likeness (QED) is 0.541. The molecule has 2 aromatic heterocycles. The van der Waals surface area contributed by atoms with E-state index in [1.807, 2.05) is 60.6 Å². The number of aromatic nitrogens is 3. The van der Waals surface area contributed by atoms with Crippen molar-refractivity contribution in [2.24, 2.45) is 0 Å². The highest BCUT2D eigenvalue weighted by Crippen LogP contribution is 2.46. The topological polar surface area (TPSA) is 64.4 Å². The van der Waals surface area contributed by atoms with Crippen molar-refractivity contribution >= 4 is 17.3 Å². The lowest BCUT2D eigenvalue weighted by atomic mass is 10.0. The van der Waals surface area contributed by atoms with Gasteiger partial charge in [-0.25, -0.2) is 18.3 Å². The van der Waals surface area contributed by atoms with Gasteiger partial charge in [0.25, 0.3) is 5.92 Å². The Morgan fingerprint density at radius 2 is 1.97 bits per heavy atom. The van der Waals surface area contributed by atoms with Crippen LogP contribution >= 0.6 is 11.8 Å². The smallest absolute Gasteiger partial charge is 0.262 e. The number of alkyl halides is 2. The van der Waals surface area contributed by atoms with Crippen LogP contribution in [0.25, 0.3) is 5.52 Å². The third kappa shape index (κ3) is 4.58. The van der Waals surface area contributed by atoms with Crippen molar-refractivity contribution in [3.63, 3.8) is 0 Å². The van der Waals surface area contributed by atoms with E-state index in [9.17, 15) is 8.78 Å². The molecule has 188 valence electrons. The van der Waals surface area contributed by atoms with E-state index < -0.39 is 17.8 Å². The van der Waals surface area contributed by atoms with Gasteiger partial charge >= 0.3 is 0 Å². The second-order valence-electron chi connectivity index (χ2n) is 10.2.